The van der Waals surface area contributed by atoms with Crippen LogP contribution in [0.4, 0.5) is 11.4 Å². The highest BCUT2D eigenvalue weighted by Gasteiger charge is 2.10. The first-order chi connectivity index (χ1) is 9.81. The van der Waals surface area contributed by atoms with E-state index >= 15 is 0 Å². The molecule has 1 aliphatic heterocycles. The molecule has 20 heavy (non-hydrogen) atoms. The number of aryl methyl sites for hydroxylation is 1. The summed E-state index contributed by atoms with van der Waals surface area (Å²) >= 11 is 0. The van der Waals surface area contributed by atoms with Gasteiger partial charge in [-0.15, -0.1) is 0 Å². The molecule has 0 radical (unpaired) electrons. The number of ether oxygens (including phenoxy) is 1. The SMILES string of the molecule is Cn1ccc(CNc2ccc(N3CCOCC3)cc2)c1. The number of hydrogen-bond donors (Lipinski definition) is 1. The lowest BCUT2D eigenvalue weighted by Gasteiger charge is -2.28. The van der Waals surface area contributed by atoms with E-state index in [4.69, 9.17) is 4.74 Å². The Morgan fingerprint density at radius 2 is 1.85 bits per heavy atom. The number of rotatable bonds is 4. The molecule has 1 aliphatic rings. The summed E-state index contributed by atoms with van der Waals surface area (Å²) in [5.74, 6) is 0. The van der Waals surface area contributed by atoms with Crippen molar-refractivity contribution in [2.45, 2.75) is 6.54 Å². The molecule has 0 aliphatic carbocycles. The molecular formula is C16H21N3O. The monoisotopic (exact) mass is 271 g/mol. The quantitative estimate of drug-likeness (QED) is 0.926. The molecule has 4 heteroatoms. The van der Waals surface area contributed by atoms with Crippen LogP contribution in [-0.4, -0.2) is 30.9 Å². The highest BCUT2D eigenvalue weighted by atomic mass is 16.5. The Bertz CT molecular complexity index is 541. The van der Waals surface area contributed by atoms with Crippen molar-refractivity contribution in [2.75, 3.05) is 36.5 Å². The number of nitrogens with zero attached hydrogens (tertiary/aromatic N) is 2. The average Bonchev–Trinajstić information content (AvgIpc) is 2.92. The van der Waals surface area contributed by atoms with Gasteiger partial charge in [-0.3, -0.25) is 0 Å². The van der Waals surface area contributed by atoms with E-state index in [9.17, 15) is 0 Å². The molecular weight excluding hydrogens is 250 g/mol. The van der Waals surface area contributed by atoms with Crippen LogP contribution in [-0.2, 0) is 18.3 Å². The highest BCUT2D eigenvalue weighted by molar-refractivity contribution is 5.55. The molecule has 4 nitrogen and oxygen atoms in total. The maximum absolute atomic E-state index is 5.38. The van der Waals surface area contributed by atoms with Crippen LogP contribution in [0.5, 0.6) is 0 Å². The molecule has 2 heterocycles. The van der Waals surface area contributed by atoms with E-state index in [1.54, 1.807) is 0 Å². The molecule has 106 valence electrons. The van der Waals surface area contributed by atoms with E-state index in [-0.39, 0.29) is 0 Å². The van der Waals surface area contributed by atoms with Crippen LogP contribution in [0.15, 0.2) is 42.7 Å². The van der Waals surface area contributed by atoms with E-state index in [0.717, 1.165) is 38.5 Å². The fourth-order valence-corrected chi connectivity index (χ4v) is 2.48. The van der Waals surface area contributed by atoms with Gasteiger partial charge in [-0.1, -0.05) is 0 Å². The second-order valence-electron chi connectivity index (χ2n) is 5.19. The lowest BCUT2D eigenvalue weighted by molar-refractivity contribution is 0.122. The van der Waals surface area contributed by atoms with Gasteiger partial charge < -0.3 is 19.5 Å². The van der Waals surface area contributed by atoms with Gasteiger partial charge in [0, 0.05) is 50.5 Å². The van der Waals surface area contributed by atoms with Crippen molar-refractivity contribution < 1.29 is 4.74 Å². The van der Waals surface area contributed by atoms with Crippen LogP contribution in [0.1, 0.15) is 5.56 Å². The number of anilines is 2. The smallest absolute Gasteiger partial charge is 0.0642 e. The molecule has 1 fully saturated rings. The van der Waals surface area contributed by atoms with Crippen LogP contribution in [0.3, 0.4) is 0 Å². The Labute approximate surface area is 120 Å². The normalized spacial score (nSPS) is 15.3. The fourth-order valence-electron chi connectivity index (χ4n) is 2.48. The minimum absolute atomic E-state index is 0.827. The highest BCUT2D eigenvalue weighted by Crippen LogP contribution is 2.19. The number of hydrogen-bond acceptors (Lipinski definition) is 3. The van der Waals surface area contributed by atoms with E-state index < -0.39 is 0 Å². The molecule has 0 bridgehead atoms. The lowest BCUT2D eigenvalue weighted by atomic mass is 10.2. The van der Waals surface area contributed by atoms with E-state index in [2.05, 4.69) is 57.5 Å². The molecule has 1 aromatic carbocycles. The summed E-state index contributed by atoms with van der Waals surface area (Å²) in [6.45, 7) is 4.48. The zero-order valence-electron chi connectivity index (χ0n) is 11.9. The lowest BCUT2D eigenvalue weighted by Crippen LogP contribution is -2.36. The van der Waals surface area contributed by atoms with Gasteiger partial charge in [-0.25, -0.2) is 0 Å². The predicted molar refractivity (Wildman–Crippen MR) is 82.2 cm³/mol. The van der Waals surface area contributed by atoms with Gasteiger partial charge in [0.1, 0.15) is 0 Å². The van der Waals surface area contributed by atoms with Gasteiger partial charge in [0.05, 0.1) is 13.2 Å². The Balaban J connectivity index is 1.58. The summed E-state index contributed by atoms with van der Waals surface area (Å²) in [6.07, 6.45) is 4.20. The van der Waals surface area contributed by atoms with Gasteiger partial charge in [-0.2, -0.15) is 0 Å². The first kappa shape index (κ1) is 13.1. The van der Waals surface area contributed by atoms with Crippen molar-refractivity contribution in [2.24, 2.45) is 7.05 Å². The van der Waals surface area contributed by atoms with Crippen LogP contribution in [0.25, 0.3) is 0 Å². The van der Waals surface area contributed by atoms with E-state index in [1.807, 2.05) is 7.05 Å². The molecule has 0 spiro atoms. The van der Waals surface area contributed by atoms with Crippen molar-refractivity contribution >= 4 is 11.4 Å². The Hall–Kier alpha value is -1.94. The van der Waals surface area contributed by atoms with Gasteiger partial charge >= 0.3 is 0 Å². The molecule has 0 amide bonds. The van der Waals surface area contributed by atoms with Crippen molar-refractivity contribution in [3.63, 3.8) is 0 Å². The second-order valence-corrected chi connectivity index (χ2v) is 5.19. The summed E-state index contributed by atoms with van der Waals surface area (Å²) in [5, 5.41) is 3.45. The molecule has 2 aromatic rings. The van der Waals surface area contributed by atoms with Gasteiger partial charge in [-0.05, 0) is 35.9 Å². The molecule has 0 unspecified atom stereocenters. The van der Waals surface area contributed by atoms with Crippen LogP contribution in [0.2, 0.25) is 0 Å². The van der Waals surface area contributed by atoms with Crippen molar-refractivity contribution in [1.82, 2.24) is 4.57 Å². The second kappa shape index (κ2) is 6.01. The third-order valence-electron chi connectivity index (χ3n) is 3.63. The molecule has 1 aromatic heterocycles. The third-order valence-corrected chi connectivity index (χ3v) is 3.63. The zero-order chi connectivity index (χ0) is 13.8. The number of benzene rings is 1. The van der Waals surface area contributed by atoms with E-state index in [1.165, 1.54) is 11.3 Å². The standard InChI is InChI=1S/C16H21N3O/c1-18-7-6-14(13-18)12-17-15-2-4-16(5-3-15)19-8-10-20-11-9-19/h2-7,13,17H,8-12H2,1H3. The topological polar surface area (TPSA) is 29.4 Å². The van der Waals surface area contributed by atoms with E-state index in [0.29, 0.717) is 0 Å². The minimum Gasteiger partial charge on any atom is -0.381 e. The Morgan fingerprint density at radius 3 is 2.50 bits per heavy atom. The molecule has 1 N–H and O–H groups in total. The minimum atomic E-state index is 0.827. The largest absolute Gasteiger partial charge is 0.381 e. The Kier molecular flexibility index (Phi) is 3.92. The predicted octanol–water partition coefficient (Wildman–Crippen LogP) is 2.47. The van der Waals surface area contributed by atoms with Crippen molar-refractivity contribution in [3.05, 3.63) is 48.3 Å². The van der Waals surface area contributed by atoms with Crippen LogP contribution >= 0.6 is 0 Å². The zero-order valence-corrected chi connectivity index (χ0v) is 11.9. The summed E-state index contributed by atoms with van der Waals surface area (Å²) in [5.41, 5.74) is 3.73. The molecule has 0 atom stereocenters. The summed E-state index contributed by atoms with van der Waals surface area (Å²) in [4.78, 5) is 2.37. The average molecular weight is 271 g/mol. The van der Waals surface area contributed by atoms with Gasteiger partial charge in [0.2, 0.25) is 0 Å². The summed E-state index contributed by atoms with van der Waals surface area (Å²) in [7, 11) is 2.04. The maximum Gasteiger partial charge on any atom is 0.0642 e. The maximum atomic E-state index is 5.38. The summed E-state index contributed by atoms with van der Waals surface area (Å²) < 4.78 is 7.45. The number of morpholine rings is 1. The fraction of sp³-hybridized carbons (Fsp3) is 0.375. The summed E-state index contributed by atoms with van der Waals surface area (Å²) in [6, 6.07) is 10.8. The molecule has 3 rings (SSSR count). The van der Waals surface area contributed by atoms with Crippen molar-refractivity contribution in [1.29, 1.82) is 0 Å². The third kappa shape index (κ3) is 3.14. The van der Waals surface area contributed by atoms with Gasteiger partial charge in [0.25, 0.3) is 0 Å². The molecule has 0 saturated carbocycles. The molecule has 1 saturated heterocycles. The number of nitrogens with one attached hydrogen (secondary N) is 1. The van der Waals surface area contributed by atoms with Crippen LogP contribution in [0, 0.1) is 0 Å². The first-order valence-corrected chi connectivity index (χ1v) is 7.09. The first-order valence-electron chi connectivity index (χ1n) is 7.09. The number of aromatic nitrogens is 1. The van der Waals surface area contributed by atoms with Crippen molar-refractivity contribution in [3.8, 4) is 0 Å². The Morgan fingerprint density at radius 1 is 1.10 bits per heavy atom. The van der Waals surface area contributed by atoms with Crippen LogP contribution < -0.4 is 10.2 Å². The van der Waals surface area contributed by atoms with Gasteiger partial charge in [0.15, 0.2) is 0 Å².